The lowest BCUT2D eigenvalue weighted by molar-refractivity contribution is 0.0600. The number of anilines is 1. The first-order valence-corrected chi connectivity index (χ1v) is 6.01. The molecule has 4 heteroatoms. The molecule has 0 atom stereocenters. The zero-order valence-electron chi connectivity index (χ0n) is 10.7. The Morgan fingerprint density at radius 1 is 1.05 bits per heavy atom. The Bertz CT molecular complexity index is 524. The van der Waals surface area contributed by atoms with Crippen LogP contribution in [0.3, 0.4) is 0 Å². The molecule has 2 N–H and O–H groups in total. The van der Waals surface area contributed by atoms with Gasteiger partial charge in [0.1, 0.15) is 0 Å². The minimum Gasteiger partial charge on any atom is -0.465 e. The molecular weight excluding hydrogens is 240 g/mol. The molecule has 98 valence electrons. The number of carbonyl (C=O) groups excluding carboxylic acids is 1. The van der Waals surface area contributed by atoms with E-state index in [-0.39, 0.29) is 5.97 Å². The minimum atomic E-state index is -0.318. The topological polar surface area (TPSA) is 50.4 Å². The Balaban J connectivity index is 1.85. The van der Waals surface area contributed by atoms with Crippen LogP contribution in [0, 0.1) is 0 Å². The first-order chi connectivity index (χ1) is 9.29. The van der Waals surface area contributed by atoms with Gasteiger partial charge >= 0.3 is 5.97 Å². The number of rotatable bonds is 5. The summed E-state index contributed by atoms with van der Waals surface area (Å²) in [5, 5.41) is 0. The minimum absolute atomic E-state index is 0.318. The van der Waals surface area contributed by atoms with Gasteiger partial charge in [-0.2, -0.15) is 0 Å². The largest absolute Gasteiger partial charge is 0.465 e. The molecule has 0 aliphatic carbocycles. The zero-order valence-corrected chi connectivity index (χ0v) is 10.7. The molecule has 0 saturated carbocycles. The molecule has 0 aromatic heterocycles. The van der Waals surface area contributed by atoms with Crippen LogP contribution in [0.4, 0.5) is 5.69 Å². The van der Waals surface area contributed by atoms with Crippen LogP contribution in [0.25, 0.3) is 0 Å². The first kappa shape index (κ1) is 13.1. The summed E-state index contributed by atoms with van der Waals surface area (Å²) in [5.74, 6) is -0.318. The molecular formula is C15H16N2O2. The maximum Gasteiger partial charge on any atom is 0.337 e. The second kappa shape index (κ2) is 6.56. The number of benzene rings is 2. The quantitative estimate of drug-likeness (QED) is 0.637. The van der Waals surface area contributed by atoms with Crippen LogP contribution in [0.15, 0.2) is 54.6 Å². The molecule has 2 aromatic rings. The number of hydrazine groups is 1. The SMILES string of the molecule is COC(=O)c1ccc(CNNc2ccccc2)cc1. The van der Waals surface area contributed by atoms with Gasteiger partial charge in [0, 0.05) is 12.2 Å². The van der Waals surface area contributed by atoms with Gasteiger partial charge in [-0.25, -0.2) is 10.2 Å². The Hall–Kier alpha value is -2.33. The van der Waals surface area contributed by atoms with Gasteiger partial charge in [0.25, 0.3) is 0 Å². The van der Waals surface area contributed by atoms with Gasteiger partial charge in [0.15, 0.2) is 0 Å². The summed E-state index contributed by atoms with van der Waals surface area (Å²) in [6.07, 6.45) is 0. The number of nitrogens with one attached hydrogen (secondary N) is 2. The van der Waals surface area contributed by atoms with Crippen molar-refractivity contribution in [3.8, 4) is 0 Å². The van der Waals surface area contributed by atoms with Crippen molar-refractivity contribution < 1.29 is 9.53 Å². The lowest BCUT2D eigenvalue weighted by atomic mass is 10.1. The summed E-state index contributed by atoms with van der Waals surface area (Å²) >= 11 is 0. The molecule has 0 heterocycles. The number of ether oxygens (including phenoxy) is 1. The number of hydrogen-bond donors (Lipinski definition) is 2. The van der Waals surface area contributed by atoms with E-state index in [0.717, 1.165) is 11.3 Å². The summed E-state index contributed by atoms with van der Waals surface area (Å²) in [6, 6.07) is 17.2. The maximum absolute atomic E-state index is 11.3. The van der Waals surface area contributed by atoms with Gasteiger partial charge < -0.3 is 10.2 Å². The highest BCUT2D eigenvalue weighted by Crippen LogP contribution is 2.06. The maximum atomic E-state index is 11.3. The van der Waals surface area contributed by atoms with Crippen LogP contribution in [0.1, 0.15) is 15.9 Å². The van der Waals surface area contributed by atoms with E-state index in [2.05, 4.69) is 15.6 Å². The molecule has 2 aromatic carbocycles. The van der Waals surface area contributed by atoms with E-state index in [4.69, 9.17) is 0 Å². The van der Waals surface area contributed by atoms with Crippen molar-refractivity contribution in [3.63, 3.8) is 0 Å². The molecule has 0 spiro atoms. The fourth-order valence-corrected chi connectivity index (χ4v) is 1.65. The van der Waals surface area contributed by atoms with Crippen molar-refractivity contribution in [1.82, 2.24) is 5.43 Å². The molecule has 0 radical (unpaired) electrons. The van der Waals surface area contributed by atoms with Gasteiger partial charge in [-0.15, -0.1) is 0 Å². The number of para-hydroxylation sites is 1. The van der Waals surface area contributed by atoms with E-state index < -0.39 is 0 Å². The monoisotopic (exact) mass is 256 g/mol. The molecule has 0 aliphatic rings. The Labute approximate surface area is 112 Å². The second-order valence-corrected chi connectivity index (χ2v) is 4.03. The van der Waals surface area contributed by atoms with Crippen molar-refractivity contribution in [2.45, 2.75) is 6.54 Å². The summed E-state index contributed by atoms with van der Waals surface area (Å²) in [6.45, 7) is 0.663. The molecule has 4 nitrogen and oxygen atoms in total. The first-order valence-electron chi connectivity index (χ1n) is 6.01. The highest BCUT2D eigenvalue weighted by molar-refractivity contribution is 5.89. The predicted octanol–water partition coefficient (Wildman–Crippen LogP) is 2.59. The normalized spacial score (nSPS) is 9.95. The van der Waals surface area contributed by atoms with E-state index in [1.165, 1.54) is 7.11 Å². The summed E-state index contributed by atoms with van der Waals surface area (Å²) < 4.78 is 4.65. The zero-order chi connectivity index (χ0) is 13.5. The van der Waals surface area contributed by atoms with Gasteiger partial charge in [-0.05, 0) is 29.8 Å². The smallest absolute Gasteiger partial charge is 0.337 e. The summed E-state index contributed by atoms with van der Waals surface area (Å²) in [4.78, 5) is 11.3. The van der Waals surface area contributed by atoms with Crippen molar-refractivity contribution in [2.75, 3.05) is 12.5 Å². The van der Waals surface area contributed by atoms with E-state index >= 15 is 0 Å². The second-order valence-electron chi connectivity index (χ2n) is 4.03. The molecule has 0 saturated heterocycles. The lowest BCUT2D eigenvalue weighted by Gasteiger charge is -2.08. The molecule has 19 heavy (non-hydrogen) atoms. The standard InChI is InChI=1S/C15H16N2O2/c1-19-15(18)13-9-7-12(8-10-13)11-16-17-14-5-3-2-4-6-14/h2-10,16-17H,11H2,1H3. The van der Waals surface area contributed by atoms with E-state index in [0.29, 0.717) is 12.1 Å². The van der Waals surface area contributed by atoms with Crippen molar-refractivity contribution in [3.05, 3.63) is 65.7 Å². The fourth-order valence-electron chi connectivity index (χ4n) is 1.65. The summed E-state index contributed by atoms with van der Waals surface area (Å²) in [7, 11) is 1.38. The lowest BCUT2D eigenvalue weighted by Crippen LogP contribution is -2.20. The van der Waals surface area contributed by atoms with E-state index in [1.807, 2.05) is 42.5 Å². The number of hydrogen-bond acceptors (Lipinski definition) is 4. The van der Waals surface area contributed by atoms with E-state index in [9.17, 15) is 4.79 Å². The van der Waals surface area contributed by atoms with Crippen LogP contribution in [-0.2, 0) is 11.3 Å². The highest BCUT2D eigenvalue weighted by Gasteiger charge is 2.03. The number of carbonyl (C=O) groups is 1. The van der Waals surface area contributed by atoms with Crippen LogP contribution < -0.4 is 10.9 Å². The Morgan fingerprint density at radius 3 is 2.37 bits per heavy atom. The Kier molecular flexibility index (Phi) is 4.53. The van der Waals surface area contributed by atoms with Crippen LogP contribution in [0.2, 0.25) is 0 Å². The van der Waals surface area contributed by atoms with Gasteiger partial charge in [-0.3, -0.25) is 0 Å². The number of esters is 1. The third-order valence-electron chi connectivity index (χ3n) is 2.67. The van der Waals surface area contributed by atoms with Crippen LogP contribution >= 0.6 is 0 Å². The average molecular weight is 256 g/mol. The van der Waals surface area contributed by atoms with Gasteiger partial charge in [0.05, 0.1) is 12.7 Å². The van der Waals surface area contributed by atoms with Crippen LogP contribution in [-0.4, -0.2) is 13.1 Å². The molecule has 0 amide bonds. The molecule has 0 aliphatic heterocycles. The highest BCUT2D eigenvalue weighted by atomic mass is 16.5. The third kappa shape index (κ3) is 3.82. The average Bonchev–Trinajstić information content (AvgIpc) is 2.48. The Morgan fingerprint density at radius 2 is 1.74 bits per heavy atom. The molecule has 2 rings (SSSR count). The molecule has 0 bridgehead atoms. The number of methoxy groups -OCH3 is 1. The van der Waals surface area contributed by atoms with Gasteiger partial charge in [-0.1, -0.05) is 30.3 Å². The van der Waals surface area contributed by atoms with Crippen LogP contribution in [0.5, 0.6) is 0 Å². The third-order valence-corrected chi connectivity index (χ3v) is 2.67. The predicted molar refractivity (Wildman–Crippen MR) is 74.7 cm³/mol. The van der Waals surface area contributed by atoms with Crippen molar-refractivity contribution >= 4 is 11.7 Å². The van der Waals surface area contributed by atoms with Gasteiger partial charge in [0.2, 0.25) is 0 Å². The molecule has 0 fully saturated rings. The molecule has 0 unspecified atom stereocenters. The fraction of sp³-hybridized carbons (Fsp3) is 0.133. The summed E-state index contributed by atoms with van der Waals surface area (Å²) in [5.41, 5.74) is 8.86. The van der Waals surface area contributed by atoms with Crippen molar-refractivity contribution in [2.24, 2.45) is 0 Å². The van der Waals surface area contributed by atoms with E-state index in [1.54, 1.807) is 12.1 Å². The van der Waals surface area contributed by atoms with Crippen molar-refractivity contribution in [1.29, 1.82) is 0 Å².